The van der Waals surface area contributed by atoms with E-state index >= 15 is 0 Å². The minimum absolute atomic E-state index is 0.0525. The maximum atomic E-state index is 13.0. The fraction of sp³-hybridized carbons (Fsp3) is 0.200. The first-order chi connectivity index (χ1) is 12.5. The number of halogens is 2. The first kappa shape index (κ1) is 17.1. The van der Waals surface area contributed by atoms with Crippen molar-refractivity contribution in [3.8, 4) is 0 Å². The molecule has 0 radical (unpaired) electrons. The molecule has 0 saturated heterocycles. The Balaban J connectivity index is 1.73. The van der Waals surface area contributed by atoms with Gasteiger partial charge in [-0.15, -0.1) is 0 Å². The number of carbonyl (C=O) groups excluding carboxylic acids is 2. The maximum Gasteiger partial charge on any atom is 0.227 e. The average Bonchev–Trinajstić information content (AvgIpc) is 3.40. The summed E-state index contributed by atoms with van der Waals surface area (Å²) in [6.45, 7) is 1.86. The molecule has 2 aromatic carbocycles. The zero-order chi connectivity index (χ0) is 18.4. The Morgan fingerprint density at radius 1 is 1.12 bits per heavy atom. The zero-order valence-electron chi connectivity index (χ0n) is 14.0. The lowest BCUT2D eigenvalue weighted by atomic mass is 10.0. The molecule has 0 atom stereocenters. The van der Waals surface area contributed by atoms with Crippen LogP contribution < -0.4 is 5.32 Å². The molecule has 0 spiro atoms. The molecule has 0 bridgehead atoms. The van der Waals surface area contributed by atoms with Gasteiger partial charge in [0.1, 0.15) is 0 Å². The highest BCUT2D eigenvalue weighted by atomic mass is 35.5. The van der Waals surface area contributed by atoms with Crippen molar-refractivity contribution in [3.63, 3.8) is 0 Å². The van der Waals surface area contributed by atoms with Gasteiger partial charge in [0, 0.05) is 22.5 Å². The Morgan fingerprint density at radius 3 is 2.46 bits per heavy atom. The van der Waals surface area contributed by atoms with E-state index in [0.29, 0.717) is 15.7 Å². The lowest BCUT2D eigenvalue weighted by Gasteiger charge is -2.05. The number of amides is 1. The Morgan fingerprint density at radius 2 is 1.81 bits per heavy atom. The smallest absolute Gasteiger partial charge is 0.227 e. The van der Waals surface area contributed by atoms with E-state index < -0.39 is 0 Å². The van der Waals surface area contributed by atoms with Crippen molar-refractivity contribution < 1.29 is 9.59 Å². The van der Waals surface area contributed by atoms with Gasteiger partial charge in [-0.05, 0) is 55.7 Å². The van der Waals surface area contributed by atoms with Gasteiger partial charge in [-0.1, -0.05) is 29.3 Å². The summed E-state index contributed by atoms with van der Waals surface area (Å²) in [5, 5.41) is 4.45. The second-order valence-corrected chi connectivity index (χ2v) is 7.39. The normalized spacial score (nSPS) is 13.8. The van der Waals surface area contributed by atoms with Gasteiger partial charge < -0.3 is 10.3 Å². The number of rotatable bonds is 4. The summed E-state index contributed by atoms with van der Waals surface area (Å²) in [6.07, 6.45) is 1.91. The molecule has 1 heterocycles. The molecule has 0 unspecified atom stereocenters. The second kappa shape index (κ2) is 6.45. The largest absolute Gasteiger partial charge is 0.352 e. The fourth-order valence-electron chi connectivity index (χ4n) is 3.06. The van der Waals surface area contributed by atoms with Crippen LogP contribution in [0.25, 0.3) is 10.9 Å². The van der Waals surface area contributed by atoms with Crippen molar-refractivity contribution in [2.45, 2.75) is 19.8 Å². The molecule has 4 nitrogen and oxygen atoms in total. The van der Waals surface area contributed by atoms with Gasteiger partial charge >= 0.3 is 0 Å². The molecule has 1 saturated carbocycles. The first-order valence-electron chi connectivity index (χ1n) is 8.37. The van der Waals surface area contributed by atoms with Crippen molar-refractivity contribution in [2.24, 2.45) is 5.92 Å². The molecular formula is C20H16Cl2N2O2. The van der Waals surface area contributed by atoms with Gasteiger partial charge in [0.2, 0.25) is 11.7 Å². The molecule has 26 heavy (non-hydrogen) atoms. The van der Waals surface area contributed by atoms with Gasteiger partial charge in [-0.25, -0.2) is 0 Å². The van der Waals surface area contributed by atoms with E-state index in [1.807, 2.05) is 25.1 Å². The molecule has 1 amide bonds. The summed E-state index contributed by atoms with van der Waals surface area (Å²) in [4.78, 5) is 28.1. The van der Waals surface area contributed by atoms with Crippen LogP contribution in [0.4, 0.5) is 5.69 Å². The van der Waals surface area contributed by atoms with Gasteiger partial charge in [-0.2, -0.15) is 0 Å². The van der Waals surface area contributed by atoms with Gasteiger partial charge in [-0.3, -0.25) is 9.59 Å². The van der Waals surface area contributed by atoms with Crippen LogP contribution in [-0.4, -0.2) is 16.7 Å². The van der Waals surface area contributed by atoms with Crippen LogP contribution in [0.15, 0.2) is 36.4 Å². The van der Waals surface area contributed by atoms with E-state index in [9.17, 15) is 9.59 Å². The number of fused-ring (bicyclic) bond motifs is 1. The molecule has 3 aromatic rings. The van der Waals surface area contributed by atoms with Crippen molar-refractivity contribution in [1.82, 2.24) is 4.98 Å². The Hall–Kier alpha value is -2.30. The lowest BCUT2D eigenvalue weighted by Crippen LogP contribution is -2.13. The number of aryl methyl sites for hydroxylation is 1. The van der Waals surface area contributed by atoms with Gasteiger partial charge in [0.15, 0.2) is 0 Å². The number of anilines is 1. The Kier molecular flexibility index (Phi) is 4.25. The molecule has 4 rings (SSSR count). The number of hydrogen-bond donors (Lipinski definition) is 2. The Labute approximate surface area is 160 Å². The molecule has 2 N–H and O–H groups in total. The molecule has 6 heteroatoms. The molecule has 132 valence electrons. The highest BCUT2D eigenvalue weighted by molar-refractivity contribution is 6.41. The fourth-order valence-corrected chi connectivity index (χ4v) is 3.63. The van der Waals surface area contributed by atoms with Crippen LogP contribution in [0.5, 0.6) is 0 Å². The van der Waals surface area contributed by atoms with E-state index in [0.717, 1.165) is 35.0 Å². The number of aromatic amines is 1. The molecule has 1 aromatic heterocycles. The topological polar surface area (TPSA) is 62.0 Å². The van der Waals surface area contributed by atoms with Crippen molar-refractivity contribution in [2.75, 3.05) is 5.32 Å². The molecule has 1 aliphatic carbocycles. The summed E-state index contributed by atoms with van der Waals surface area (Å²) in [6, 6.07) is 10.6. The van der Waals surface area contributed by atoms with Crippen molar-refractivity contribution in [3.05, 3.63) is 63.3 Å². The third-order valence-electron chi connectivity index (χ3n) is 4.69. The number of aromatic nitrogens is 1. The minimum Gasteiger partial charge on any atom is -0.352 e. The SMILES string of the molecule is Cc1c(C(=O)c2c(Cl)cccc2Cl)[nH]c2ccc(NC(=O)C3CC3)cc12. The maximum absolute atomic E-state index is 13.0. The summed E-state index contributed by atoms with van der Waals surface area (Å²) in [5.41, 5.74) is 3.07. The van der Waals surface area contributed by atoms with Crippen LogP contribution in [-0.2, 0) is 4.79 Å². The van der Waals surface area contributed by atoms with E-state index in [1.165, 1.54) is 0 Å². The standard InChI is InChI=1S/C20H16Cl2N2O2/c1-10-13-9-12(23-20(26)11-5-6-11)7-8-16(13)24-18(10)19(25)17-14(21)3-2-4-15(17)22/h2-4,7-9,11,24H,5-6H2,1H3,(H,23,26). The van der Waals surface area contributed by atoms with Crippen LogP contribution in [0.2, 0.25) is 10.0 Å². The summed E-state index contributed by atoms with van der Waals surface area (Å²) in [5.74, 6) is -0.0629. The third-order valence-corrected chi connectivity index (χ3v) is 5.32. The number of H-pyrrole nitrogens is 1. The summed E-state index contributed by atoms with van der Waals surface area (Å²) >= 11 is 12.4. The van der Waals surface area contributed by atoms with Crippen LogP contribution in [0, 0.1) is 12.8 Å². The van der Waals surface area contributed by atoms with E-state index in [1.54, 1.807) is 18.2 Å². The molecule has 0 aliphatic heterocycles. The van der Waals surface area contributed by atoms with E-state index in [-0.39, 0.29) is 23.2 Å². The average molecular weight is 387 g/mol. The first-order valence-corrected chi connectivity index (χ1v) is 9.13. The summed E-state index contributed by atoms with van der Waals surface area (Å²) < 4.78 is 0. The van der Waals surface area contributed by atoms with Crippen LogP contribution in [0.3, 0.4) is 0 Å². The van der Waals surface area contributed by atoms with E-state index in [4.69, 9.17) is 23.2 Å². The lowest BCUT2D eigenvalue weighted by molar-refractivity contribution is -0.117. The quantitative estimate of drug-likeness (QED) is 0.592. The van der Waals surface area contributed by atoms with Crippen LogP contribution >= 0.6 is 23.2 Å². The number of ketones is 1. The monoisotopic (exact) mass is 386 g/mol. The van der Waals surface area contributed by atoms with Crippen LogP contribution in [0.1, 0.15) is 34.5 Å². The summed E-state index contributed by atoms with van der Waals surface area (Å²) in [7, 11) is 0. The van der Waals surface area contributed by atoms with Crippen molar-refractivity contribution >= 4 is 51.5 Å². The van der Waals surface area contributed by atoms with E-state index in [2.05, 4.69) is 10.3 Å². The predicted molar refractivity (Wildman–Crippen MR) is 104 cm³/mol. The van der Waals surface area contributed by atoms with Crippen molar-refractivity contribution in [1.29, 1.82) is 0 Å². The zero-order valence-corrected chi connectivity index (χ0v) is 15.5. The second-order valence-electron chi connectivity index (χ2n) is 6.57. The number of benzene rings is 2. The highest BCUT2D eigenvalue weighted by Crippen LogP contribution is 2.33. The Bertz CT molecular complexity index is 1030. The number of nitrogens with one attached hydrogen (secondary N) is 2. The van der Waals surface area contributed by atoms with Gasteiger partial charge in [0.25, 0.3) is 0 Å². The molecular weight excluding hydrogens is 371 g/mol. The third kappa shape index (κ3) is 3.00. The predicted octanol–water partition coefficient (Wildman–Crippen LogP) is 5.36. The molecule has 1 fully saturated rings. The highest BCUT2D eigenvalue weighted by Gasteiger charge is 2.29. The number of hydrogen-bond acceptors (Lipinski definition) is 2. The minimum atomic E-state index is -0.252. The number of carbonyl (C=O) groups is 2. The van der Waals surface area contributed by atoms with Gasteiger partial charge in [0.05, 0.1) is 21.3 Å². The molecule has 1 aliphatic rings.